The number of anilines is 1. The molecule has 0 saturated heterocycles. The second-order valence-electron chi connectivity index (χ2n) is 4.67. The topological polar surface area (TPSA) is 97.6 Å². The summed E-state index contributed by atoms with van der Waals surface area (Å²) >= 11 is 0. The lowest BCUT2D eigenvalue weighted by molar-refractivity contribution is -0.119. The van der Waals surface area contributed by atoms with Gasteiger partial charge in [0.25, 0.3) is 11.8 Å². The van der Waals surface area contributed by atoms with Crippen molar-refractivity contribution in [2.24, 2.45) is 0 Å². The van der Waals surface area contributed by atoms with Crippen LogP contribution in [0.4, 0.5) is 5.69 Å². The van der Waals surface area contributed by atoms with Crippen LogP contribution in [-0.4, -0.2) is 31.4 Å². The smallest absolute Gasteiger partial charge is 0.342 e. The summed E-state index contributed by atoms with van der Waals surface area (Å²) < 4.78 is 9.90. The molecule has 23 heavy (non-hydrogen) atoms. The number of ether oxygens (including phenoxy) is 1. The number of hydrogen-bond acceptors (Lipinski definition) is 5. The second kappa shape index (κ2) is 7.26. The third-order valence-electron chi connectivity index (χ3n) is 3.05. The summed E-state index contributed by atoms with van der Waals surface area (Å²) in [6.07, 6.45) is 1.37. The van der Waals surface area contributed by atoms with E-state index in [4.69, 9.17) is 9.15 Å². The Morgan fingerprint density at radius 3 is 2.65 bits per heavy atom. The van der Waals surface area contributed by atoms with Crippen LogP contribution < -0.4 is 10.6 Å². The minimum Gasteiger partial charge on any atom is -0.469 e. The number of rotatable bonds is 5. The highest BCUT2D eigenvalue weighted by molar-refractivity contribution is 5.98. The maximum absolute atomic E-state index is 11.8. The lowest BCUT2D eigenvalue weighted by atomic mass is 10.2. The Balaban J connectivity index is 1.91. The van der Waals surface area contributed by atoms with Gasteiger partial charge < -0.3 is 19.8 Å². The fourth-order valence-electron chi connectivity index (χ4n) is 1.89. The number of carbonyl (C=O) groups is 3. The molecule has 1 heterocycles. The first-order valence-electron chi connectivity index (χ1n) is 6.84. The van der Waals surface area contributed by atoms with Gasteiger partial charge in [-0.05, 0) is 31.2 Å². The normalized spacial score (nSPS) is 10.0. The molecule has 0 unspecified atom stereocenters. The second-order valence-corrected chi connectivity index (χ2v) is 4.67. The maximum atomic E-state index is 11.8. The predicted molar refractivity (Wildman–Crippen MR) is 82.2 cm³/mol. The van der Waals surface area contributed by atoms with Gasteiger partial charge in [-0.3, -0.25) is 9.59 Å². The van der Waals surface area contributed by atoms with Crippen LogP contribution in [0.3, 0.4) is 0 Å². The van der Waals surface area contributed by atoms with Crippen molar-refractivity contribution in [2.45, 2.75) is 6.92 Å². The van der Waals surface area contributed by atoms with E-state index in [-0.39, 0.29) is 11.5 Å². The summed E-state index contributed by atoms with van der Waals surface area (Å²) in [7, 11) is 1.52. The predicted octanol–water partition coefficient (Wildman–Crippen LogP) is 1.74. The van der Waals surface area contributed by atoms with Crippen LogP contribution in [-0.2, 0) is 9.53 Å². The fourth-order valence-corrected chi connectivity index (χ4v) is 1.89. The summed E-state index contributed by atoms with van der Waals surface area (Å²) in [5.74, 6) is -0.976. The van der Waals surface area contributed by atoms with E-state index in [0.717, 1.165) is 0 Å². The van der Waals surface area contributed by atoms with Crippen molar-refractivity contribution in [2.75, 3.05) is 19.0 Å². The van der Waals surface area contributed by atoms with Crippen molar-refractivity contribution < 1.29 is 23.5 Å². The summed E-state index contributed by atoms with van der Waals surface area (Å²) in [4.78, 5) is 35.1. The van der Waals surface area contributed by atoms with E-state index in [1.54, 1.807) is 25.1 Å². The van der Waals surface area contributed by atoms with Gasteiger partial charge in [0.15, 0.2) is 6.61 Å². The number of hydrogen-bond donors (Lipinski definition) is 2. The van der Waals surface area contributed by atoms with Gasteiger partial charge in [-0.1, -0.05) is 6.07 Å². The lowest BCUT2D eigenvalue weighted by Gasteiger charge is -2.07. The molecule has 2 aromatic rings. The Hall–Kier alpha value is -3.09. The van der Waals surface area contributed by atoms with E-state index in [2.05, 4.69) is 10.6 Å². The molecule has 2 amide bonds. The van der Waals surface area contributed by atoms with Gasteiger partial charge in [0.1, 0.15) is 11.3 Å². The highest BCUT2D eigenvalue weighted by Gasteiger charge is 2.15. The third-order valence-corrected chi connectivity index (χ3v) is 3.05. The van der Waals surface area contributed by atoms with Gasteiger partial charge in [-0.25, -0.2) is 4.79 Å². The first-order chi connectivity index (χ1) is 11.0. The SMILES string of the molecule is CNC(=O)c1cccc(NC(=O)COC(=O)c2ccoc2C)c1. The molecule has 120 valence electrons. The molecule has 0 fully saturated rings. The minimum absolute atomic E-state index is 0.261. The van der Waals surface area contributed by atoms with E-state index in [1.165, 1.54) is 25.4 Å². The van der Waals surface area contributed by atoms with Gasteiger partial charge >= 0.3 is 5.97 Å². The number of esters is 1. The zero-order valence-electron chi connectivity index (χ0n) is 12.7. The van der Waals surface area contributed by atoms with Crippen LogP contribution in [0.25, 0.3) is 0 Å². The number of nitrogens with one attached hydrogen (secondary N) is 2. The van der Waals surface area contributed by atoms with E-state index in [1.807, 2.05) is 0 Å². The molecule has 2 N–H and O–H groups in total. The number of benzene rings is 1. The third kappa shape index (κ3) is 4.19. The summed E-state index contributed by atoms with van der Waals surface area (Å²) in [5.41, 5.74) is 1.13. The zero-order valence-corrected chi connectivity index (χ0v) is 12.7. The molecule has 7 heteroatoms. The first kappa shape index (κ1) is 16.3. The van der Waals surface area contributed by atoms with Crippen LogP contribution in [0, 0.1) is 6.92 Å². The molecule has 0 atom stereocenters. The Labute approximate surface area is 132 Å². The average Bonchev–Trinajstić information content (AvgIpc) is 2.98. The lowest BCUT2D eigenvalue weighted by Crippen LogP contribution is -2.22. The van der Waals surface area contributed by atoms with E-state index >= 15 is 0 Å². The van der Waals surface area contributed by atoms with Crippen LogP contribution in [0.5, 0.6) is 0 Å². The van der Waals surface area contributed by atoms with Gasteiger partial charge in [0.2, 0.25) is 0 Å². The summed E-state index contributed by atoms with van der Waals surface area (Å²) in [6.45, 7) is 1.19. The maximum Gasteiger partial charge on any atom is 0.342 e. The zero-order chi connectivity index (χ0) is 16.8. The van der Waals surface area contributed by atoms with Crippen LogP contribution >= 0.6 is 0 Å². The minimum atomic E-state index is -0.634. The van der Waals surface area contributed by atoms with Crippen molar-refractivity contribution in [3.05, 3.63) is 53.5 Å². The quantitative estimate of drug-likeness (QED) is 0.819. The van der Waals surface area contributed by atoms with Crippen LogP contribution in [0.15, 0.2) is 41.0 Å². The standard InChI is InChI=1S/C16H16N2O5/c1-10-13(6-7-22-10)16(21)23-9-14(19)18-12-5-3-4-11(8-12)15(20)17-2/h3-8H,9H2,1-2H3,(H,17,20)(H,18,19). The molecule has 0 spiro atoms. The van der Waals surface area contributed by atoms with Gasteiger partial charge in [0.05, 0.1) is 6.26 Å². The van der Waals surface area contributed by atoms with Crippen molar-refractivity contribution >= 4 is 23.5 Å². The van der Waals surface area contributed by atoms with Crippen molar-refractivity contribution in [1.29, 1.82) is 0 Å². The highest BCUT2D eigenvalue weighted by atomic mass is 16.5. The van der Waals surface area contributed by atoms with Gasteiger partial charge in [0, 0.05) is 18.3 Å². The molecule has 1 aromatic carbocycles. The molecule has 7 nitrogen and oxygen atoms in total. The van der Waals surface area contributed by atoms with Crippen LogP contribution in [0.2, 0.25) is 0 Å². The number of amides is 2. The van der Waals surface area contributed by atoms with E-state index in [0.29, 0.717) is 17.0 Å². The Kier molecular flexibility index (Phi) is 5.14. The molecule has 0 radical (unpaired) electrons. The van der Waals surface area contributed by atoms with Gasteiger partial charge in [-0.15, -0.1) is 0 Å². The molecular weight excluding hydrogens is 300 g/mol. The van der Waals surface area contributed by atoms with Crippen molar-refractivity contribution in [3.8, 4) is 0 Å². The summed E-state index contributed by atoms with van der Waals surface area (Å²) in [6, 6.07) is 7.89. The molecule has 2 rings (SSSR count). The first-order valence-corrected chi connectivity index (χ1v) is 6.84. The van der Waals surface area contributed by atoms with Crippen molar-refractivity contribution in [1.82, 2.24) is 5.32 Å². The Morgan fingerprint density at radius 1 is 1.22 bits per heavy atom. The molecule has 0 bridgehead atoms. The average molecular weight is 316 g/mol. The molecule has 0 aliphatic rings. The molecule has 0 aliphatic heterocycles. The number of carbonyl (C=O) groups excluding carboxylic acids is 3. The Morgan fingerprint density at radius 2 is 2.00 bits per heavy atom. The molecule has 1 aromatic heterocycles. The van der Waals surface area contributed by atoms with E-state index < -0.39 is 18.5 Å². The largest absolute Gasteiger partial charge is 0.469 e. The van der Waals surface area contributed by atoms with Crippen LogP contribution in [0.1, 0.15) is 26.5 Å². The molecule has 0 aliphatic carbocycles. The Bertz CT molecular complexity index is 736. The number of aryl methyl sites for hydroxylation is 1. The van der Waals surface area contributed by atoms with Crippen molar-refractivity contribution in [3.63, 3.8) is 0 Å². The summed E-state index contributed by atoms with van der Waals surface area (Å²) in [5, 5.41) is 5.05. The van der Waals surface area contributed by atoms with Gasteiger partial charge in [-0.2, -0.15) is 0 Å². The molecule has 0 saturated carbocycles. The monoisotopic (exact) mass is 316 g/mol. The highest BCUT2D eigenvalue weighted by Crippen LogP contribution is 2.12. The molecular formula is C16H16N2O5. The van der Waals surface area contributed by atoms with E-state index in [9.17, 15) is 14.4 Å². The fraction of sp³-hybridized carbons (Fsp3) is 0.188. The number of furan rings is 1.